The fourth-order valence-corrected chi connectivity index (χ4v) is 4.45. The molecule has 1 heterocycles. The van der Waals surface area contributed by atoms with Crippen LogP contribution in [0.2, 0.25) is 5.02 Å². The molecule has 11 heteroatoms. The average Bonchev–Trinajstić information content (AvgIpc) is 3.47. The topological polar surface area (TPSA) is 84.0 Å². The molecule has 2 aromatic carbocycles. The molecule has 1 saturated carbocycles. The Bertz CT molecular complexity index is 1220. The first kappa shape index (κ1) is 20.4. The fraction of sp³-hybridized carbons (Fsp3) is 0.158. The minimum Gasteiger partial charge on any atom is -0.374 e. The highest BCUT2D eigenvalue weighted by Gasteiger charge is 2.47. The highest BCUT2D eigenvalue weighted by atomic mass is 35.5. The van der Waals surface area contributed by atoms with Gasteiger partial charge in [0.1, 0.15) is 34.5 Å². The van der Waals surface area contributed by atoms with Crippen molar-refractivity contribution in [3.8, 4) is 0 Å². The number of rotatable bonds is 6. The van der Waals surface area contributed by atoms with Crippen LogP contribution in [0.3, 0.4) is 0 Å². The van der Waals surface area contributed by atoms with Gasteiger partial charge in [0.25, 0.3) is 10.0 Å². The first-order valence-electron chi connectivity index (χ1n) is 8.72. The molecule has 0 atom stereocenters. The molecule has 0 aliphatic heterocycles. The molecule has 1 aliphatic carbocycles. The minimum absolute atomic E-state index is 0.0405. The minimum atomic E-state index is -4.31. The van der Waals surface area contributed by atoms with Crippen LogP contribution in [0.15, 0.2) is 53.8 Å². The molecular weight excluding hydrogens is 441 g/mol. The van der Waals surface area contributed by atoms with E-state index in [4.69, 9.17) is 11.6 Å². The van der Waals surface area contributed by atoms with Gasteiger partial charge in [-0.3, -0.25) is 4.72 Å². The zero-order valence-corrected chi connectivity index (χ0v) is 16.7. The highest BCUT2D eigenvalue weighted by molar-refractivity contribution is 7.92. The molecule has 0 bridgehead atoms. The summed E-state index contributed by atoms with van der Waals surface area (Å²) in [7, 11) is -4.31. The molecule has 1 fully saturated rings. The van der Waals surface area contributed by atoms with Crippen LogP contribution in [0.25, 0.3) is 0 Å². The number of hydrogen-bond donors (Lipinski definition) is 2. The molecule has 0 saturated heterocycles. The largest absolute Gasteiger partial charge is 0.374 e. The van der Waals surface area contributed by atoms with Gasteiger partial charge >= 0.3 is 0 Å². The van der Waals surface area contributed by atoms with E-state index in [1.165, 1.54) is 12.3 Å². The lowest BCUT2D eigenvalue weighted by Crippen LogP contribution is -2.21. The van der Waals surface area contributed by atoms with Gasteiger partial charge in [0.15, 0.2) is 0 Å². The van der Waals surface area contributed by atoms with E-state index in [1.807, 2.05) is 0 Å². The third-order valence-electron chi connectivity index (χ3n) is 4.70. The molecule has 1 aliphatic rings. The number of benzene rings is 2. The van der Waals surface area contributed by atoms with Crippen molar-refractivity contribution in [1.29, 1.82) is 0 Å². The second-order valence-corrected chi connectivity index (χ2v) is 8.85. The van der Waals surface area contributed by atoms with E-state index in [-0.39, 0.29) is 22.1 Å². The fourth-order valence-electron chi connectivity index (χ4n) is 3.08. The van der Waals surface area contributed by atoms with Crippen molar-refractivity contribution in [2.75, 3.05) is 10.0 Å². The summed E-state index contributed by atoms with van der Waals surface area (Å²) < 4.78 is 69.6. The molecule has 1 aromatic heterocycles. The quantitative estimate of drug-likeness (QED) is 0.575. The van der Waals surface area contributed by atoms with Gasteiger partial charge < -0.3 is 5.32 Å². The van der Waals surface area contributed by atoms with Crippen molar-refractivity contribution >= 4 is 33.1 Å². The van der Waals surface area contributed by atoms with Crippen LogP contribution in [0, 0.1) is 17.5 Å². The zero-order valence-electron chi connectivity index (χ0n) is 15.2. The Hall–Kier alpha value is -2.85. The lowest BCUT2D eigenvalue weighted by molar-refractivity contribution is 0.565. The smallest absolute Gasteiger partial charge is 0.266 e. The van der Waals surface area contributed by atoms with Gasteiger partial charge in [0.2, 0.25) is 0 Å². The monoisotopic (exact) mass is 454 g/mol. The Morgan fingerprint density at radius 3 is 2.47 bits per heavy atom. The van der Waals surface area contributed by atoms with Gasteiger partial charge in [-0.2, -0.15) is 0 Å². The summed E-state index contributed by atoms with van der Waals surface area (Å²) in [5.74, 6) is -2.32. The highest BCUT2D eigenvalue weighted by Crippen LogP contribution is 2.50. The standard InChI is InChI=1S/C19H14ClF3N4O2S/c20-13-8-17(30(28,29)27-18-3-6-24-10-25-18)15(23)9-16(13)26-19(4-5-19)12-7-11(21)1-2-14(12)22/h1-3,6-10,26H,4-5H2,(H,24,25,27). The summed E-state index contributed by atoms with van der Waals surface area (Å²) in [4.78, 5) is 6.72. The molecule has 2 N–H and O–H groups in total. The molecule has 156 valence electrons. The first-order valence-corrected chi connectivity index (χ1v) is 10.6. The maximum atomic E-state index is 14.7. The molecule has 6 nitrogen and oxygen atoms in total. The summed E-state index contributed by atoms with van der Waals surface area (Å²) in [5, 5.41) is 2.84. The van der Waals surface area contributed by atoms with E-state index < -0.39 is 37.9 Å². The molecule has 0 amide bonds. The van der Waals surface area contributed by atoms with Crippen LogP contribution >= 0.6 is 11.6 Å². The summed E-state index contributed by atoms with van der Waals surface area (Å²) in [5.41, 5.74) is -0.778. The predicted molar refractivity (Wildman–Crippen MR) is 105 cm³/mol. The molecular formula is C19H14ClF3N4O2S. The number of nitrogens with zero attached hydrogens (tertiary/aromatic N) is 2. The number of anilines is 2. The van der Waals surface area contributed by atoms with Crippen LogP contribution < -0.4 is 10.0 Å². The maximum absolute atomic E-state index is 14.7. The second-order valence-electron chi connectivity index (χ2n) is 6.79. The second kappa shape index (κ2) is 7.44. The number of nitrogens with one attached hydrogen (secondary N) is 2. The Morgan fingerprint density at radius 1 is 1.03 bits per heavy atom. The molecule has 0 unspecified atom stereocenters. The molecule has 0 spiro atoms. The van der Waals surface area contributed by atoms with Crippen molar-refractivity contribution in [2.45, 2.75) is 23.3 Å². The third-order valence-corrected chi connectivity index (χ3v) is 6.38. The van der Waals surface area contributed by atoms with Crippen molar-refractivity contribution in [1.82, 2.24) is 9.97 Å². The van der Waals surface area contributed by atoms with E-state index >= 15 is 0 Å². The van der Waals surface area contributed by atoms with Gasteiger partial charge in [0.05, 0.1) is 16.2 Å². The molecule has 0 radical (unpaired) electrons. The summed E-state index contributed by atoms with van der Waals surface area (Å²) in [6.45, 7) is 0. The summed E-state index contributed by atoms with van der Waals surface area (Å²) >= 11 is 6.19. The predicted octanol–water partition coefficient (Wildman–Crippen LogP) is 4.45. The third kappa shape index (κ3) is 3.92. The summed E-state index contributed by atoms with van der Waals surface area (Å²) in [6, 6.07) is 6.26. The van der Waals surface area contributed by atoms with E-state index in [2.05, 4.69) is 20.0 Å². The number of halogens is 4. The van der Waals surface area contributed by atoms with Crippen molar-refractivity contribution in [3.63, 3.8) is 0 Å². The maximum Gasteiger partial charge on any atom is 0.266 e. The lowest BCUT2D eigenvalue weighted by atomic mass is 10.0. The van der Waals surface area contributed by atoms with Crippen molar-refractivity contribution in [3.05, 3.63) is 77.0 Å². The van der Waals surface area contributed by atoms with Crippen LogP contribution in [-0.2, 0) is 15.6 Å². The Kier molecular flexibility index (Phi) is 5.07. The van der Waals surface area contributed by atoms with Gasteiger partial charge in [0, 0.05) is 11.8 Å². The van der Waals surface area contributed by atoms with Crippen LogP contribution in [-0.4, -0.2) is 18.4 Å². The Morgan fingerprint density at radius 2 is 1.80 bits per heavy atom. The number of sulfonamides is 1. The molecule has 4 rings (SSSR count). The lowest BCUT2D eigenvalue weighted by Gasteiger charge is -2.21. The summed E-state index contributed by atoms with van der Waals surface area (Å²) in [6.07, 6.45) is 3.40. The van der Waals surface area contributed by atoms with Gasteiger partial charge in [-0.25, -0.2) is 31.6 Å². The van der Waals surface area contributed by atoms with E-state index in [1.54, 1.807) is 0 Å². The average molecular weight is 455 g/mol. The first-order chi connectivity index (χ1) is 14.2. The van der Waals surface area contributed by atoms with Crippen LogP contribution in [0.1, 0.15) is 18.4 Å². The van der Waals surface area contributed by atoms with E-state index in [0.717, 1.165) is 36.7 Å². The Labute approximate surface area is 175 Å². The van der Waals surface area contributed by atoms with E-state index in [9.17, 15) is 21.6 Å². The van der Waals surface area contributed by atoms with Crippen LogP contribution in [0.5, 0.6) is 0 Å². The number of aromatic nitrogens is 2. The molecule has 3 aromatic rings. The Balaban J connectivity index is 1.64. The van der Waals surface area contributed by atoms with E-state index in [0.29, 0.717) is 12.8 Å². The van der Waals surface area contributed by atoms with Crippen molar-refractivity contribution in [2.24, 2.45) is 0 Å². The normalized spacial score (nSPS) is 14.9. The van der Waals surface area contributed by atoms with Gasteiger partial charge in [-0.1, -0.05) is 11.6 Å². The number of hydrogen-bond acceptors (Lipinski definition) is 5. The van der Waals surface area contributed by atoms with Gasteiger partial charge in [-0.05, 0) is 49.2 Å². The van der Waals surface area contributed by atoms with Crippen LogP contribution in [0.4, 0.5) is 24.7 Å². The molecule has 30 heavy (non-hydrogen) atoms. The zero-order chi connectivity index (χ0) is 21.5. The SMILES string of the molecule is O=S(=O)(Nc1ccncn1)c1cc(Cl)c(NC2(c3cc(F)ccc3F)CC2)cc1F. The van der Waals surface area contributed by atoms with Crippen molar-refractivity contribution < 1.29 is 21.6 Å². The van der Waals surface area contributed by atoms with Gasteiger partial charge in [-0.15, -0.1) is 0 Å².